The number of ether oxygens (including phenoxy) is 1. The predicted molar refractivity (Wildman–Crippen MR) is 78.0 cm³/mol. The van der Waals surface area contributed by atoms with Crippen molar-refractivity contribution >= 4 is 5.78 Å². The molecule has 1 unspecified atom stereocenters. The van der Waals surface area contributed by atoms with E-state index in [1.54, 1.807) is 13.2 Å². The first-order valence-electron chi connectivity index (χ1n) is 7.26. The molecule has 1 fully saturated rings. The monoisotopic (exact) mass is 277 g/mol. The number of hydrogen-bond donors (Lipinski definition) is 2. The molecule has 2 N–H and O–H groups in total. The number of piperidine rings is 1. The Hall–Kier alpha value is -1.23. The van der Waals surface area contributed by atoms with Crippen LogP contribution in [0.2, 0.25) is 0 Å². The molecule has 2 atom stereocenters. The zero-order valence-corrected chi connectivity index (χ0v) is 12.0. The molecule has 0 radical (unpaired) electrons. The van der Waals surface area contributed by atoms with Crippen molar-refractivity contribution in [3.63, 3.8) is 0 Å². The number of hydrogen-bond acceptors (Lipinski definition) is 4. The molecule has 0 aliphatic carbocycles. The summed E-state index contributed by atoms with van der Waals surface area (Å²) in [6.07, 6.45) is 2.75. The molecule has 4 nitrogen and oxygen atoms in total. The van der Waals surface area contributed by atoms with Crippen molar-refractivity contribution in [1.82, 2.24) is 5.32 Å². The van der Waals surface area contributed by atoms with Gasteiger partial charge >= 0.3 is 0 Å². The molecular weight excluding hydrogens is 254 g/mol. The number of aliphatic hydroxyl groups excluding tert-OH is 1. The van der Waals surface area contributed by atoms with Gasteiger partial charge in [-0.15, -0.1) is 0 Å². The summed E-state index contributed by atoms with van der Waals surface area (Å²) in [7, 11) is 1.64. The van der Waals surface area contributed by atoms with Crippen LogP contribution in [-0.4, -0.2) is 43.3 Å². The molecule has 1 aromatic rings. The Morgan fingerprint density at radius 1 is 1.45 bits per heavy atom. The Morgan fingerprint density at radius 3 is 2.95 bits per heavy atom. The van der Waals surface area contributed by atoms with Crippen LogP contribution in [-0.2, 0) is 11.2 Å². The van der Waals surface area contributed by atoms with Crippen molar-refractivity contribution < 1.29 is 14.6 Å². The number of rotatable bonds is 6. The molecule has 1 aromatic carbocycles. The van der Waals surface area contributed by atoms with Crippen LogP contribution < -0.4 is 5.32 Å². The Kier molecular flexibility index (Phi) is 5.71. The first-order chi connectivity index (χ1) is 9.74. The van der Waals surface area contributed by atoms with Gasteiger partial charge in [0.2, 0.25) is 0 Å². The van der Waals surface area contributed by atoms with Crippen molar-refractivity contribution in [3.05, 3.63) is 35.4 Å². The number of nitrogens with one attached hydrogen (secondary N) is 1. The maximum Gasteiger partial charge on any atom is 0.193 e. The Labute approximate surface area is 120 Å². The summed E-state index contributed by atoms with van der Waals surface area (Å²) in [6.45, 7) is 1.45. The van der Waals surface area contributed by atoms with Gasteiger partial charge in [-0.05, 0) is 31.4 Å². The smallest absolute Gasteiger partial charge is 0.193 e. The summed E-state index contributed by atoms with van der Waals surface area (Å²) >= 11 is 0. The highest BCUT2D eigenvalue weighted by atomic mass is 16.5. The number of ketones is 1. The van der Waals surface area contributed by atoms with Gasteiger partial charge in [-0.1, -0.05) is 30.7 Å². The molecule has 20 heavy (non-hydrogen) atoms. The van der Waals surface area contributed by atoms with Gasteiger partial charge in [-0.2, -0.15) is 0 Å². The lowest BCUT2D eigenvalue weighted by molar-refractivity contribution is 0.0626. The first kappa shape index (κ1) is 15.2. The SMILES string of the molecule is COCCc1ccccc1C(=O)[C@@H](O)C1CCCCN1. The molecule has 0 aromatic heterocycles. The van der Waals surface area contributed by atoms with E-state index in [0.29, 0.717) is 18.6 Å². The summed E-state index contributed by atoms with van der Waals surface area (Å²) in [4.78, 5) is 12.5. The van der Waals surface area contributed by atoms with E-state index in [0.717, 1.165) is 31.4 Å². The van der Waals surface area contributed by atoms with E-state index in [2.05, 4.69) is 5.32 Å². The molecule has 2 rings (SSSR count). The largest absolute Gasteiger partial charge is 0.384 e. The minimum atomic E-state index is -0.959. The third-order valence-corrected chi connectivity index (χ3v) is 3.86. The van der Waals surface area contributed by atoms with Gasteiger partial charge in [0.15, 0.2) is 5.78 Å². The third kappa shape index (κ3) is 3.66. The van der Waals surface area contributed by atoms with Crippen LogP contribution in [0.25, 0.3) is 0 Å². The van der Waals surface area contributed by atoms with Crippen LogP contribution in [0.4, 0.5) is 0 Å². The van der Waals surface area contributed by atoms with Gasteiger partial charge < -0.3 is 15.2 Å². The quantitative estimate of drug-likeness (QED) is 0.775. The van der Waals surface area contributed by atoms with E-state index in [4.69, 9.17) is 4.74 Å². The molecule has 1 aliphatic heterocycles. The van der Waals surface area contributed by atoms with Gasteiger partial charge in [0.05, 0.1) is 6.61 Å². The van der Waals surface area contributed by atoms with Crippen molar-refractivity contribution in [2.24, 2.45) is 0 Å². The van der Waals surface area contributed by atoms with E-state index in [1.165, 1.54) is 0 Å². The third-order valence-electron chi connectivity index (χ3n) is 3.86. The predicted octanol–water partition coefficient (Wildman–Crippen LogP) is 1.56. The Balaban J connectivity index is 2.11. The van der Waals surface area contributed by atoms with Gasteiger partial charge in [0.25, 0.3) is 0 Å². The lowest BCUT2D eigenvalue weighted by atomic mass is 9.91. The number of methoxy groups -OCH3 is 1. The summed E-state index contributed by atoms with van der Waals surface area (Å²) in [5.74, 6) is -0.184. The average Bonchev–Trinajstić information content (AvgIpc) is 2.52. The molecule has 4 heteroatoms. The van der Waals surface area contributed by atoms with Gasteiger partial charge in [-0.3, -0.25) is 4.79 Å². The molecule has 1 heterocycles. The standard InChI is InChI=1S/C16H23NO3/c1-20-11-9-12-6-2-3-7-13(12)15(18)16(19)14-8-4-5-10-17-14/h2-3,6-7,14,16-17,19H,4-5,8-11H2,1H3/t14?,16-/m0/s1. The second-order valence-corrected chi connectivity index (χ2v) is 5.27. The summed E-state index contributed by atoms with van der Waals surface area (Å²) in [5.41, 5.74) is 1.55. The number of Topliss-reactive ketones (excluding diaryl/α,β-unsaturated/α-hetero) is 1. The van der Waals surface area contributed by atoms with Gasteiger partial charge in [0, 0.05) is 18.7 Å². The number of carbonyl (C=O) groups excluding carboxylic acids is 1. The van der Waals surface area contributed by atoms with Crippen LogP contribution in [0.3, 0.4) is 0 Å². The van der Waals surface area contributed by atoms with E-state index in [1.807, 2.05) is 18.2 Å². The van der Waals surface area contributed by atoms with E-state index >= 15 is 0 Å². The molecule has 0 saturated carbocycles. The molecular formula is C16H23NO3. The van der Waals surface area contributed by atoms with Crippen LogP contribution in [0.1, 0.15) is 35.2 Å². The highest BCUT2D eigenvalue weighted by Crippen LogP contribution is 2.17. The van der Waals surface area contributed by atoms with Gasteiger partial charge in [0.1, 0.15) is 6.10 Å². The molecule has 0 bridgehead atoms. The number of aliphatic hydroxyl groups is 1. The van der Waals surface area contributed by atoms with Crippen LogP contribution in [0, 0.1) is 0 Å². The lowest BCUT2D eigenvalue weighted by Crippen LogP contribution is -2.47. The topological polar surface area (TPSA) is 58.6 Å². The highest BCUT2D eigenvalue weighted by molar-refractivity contribution is 6.01. The van der Waals surface area contributed by atoms with Crippen molar-refractivity contribution in [3.8, 4) is 0 Å². The first-order valence-corrected chi connectivity index (χ1v) is 7.26. The molecule has 1 aliphatic rings. The summed E-state index contributed by atoms with van der Waals surface area (Å²) in [5, 5.41) is 13.5. The van der Waals surface area contributed by atoms with E-state index in [9.17, 15) is 9.90 Å². The van der Waals surface area contributed by atoms with Gasteiger partial charge in [-0.25, -0.2) is 0 Å². The second-order valence-electron chi connectivity index (χ2n) is 5.27. The molecule has 110 valence electrons. The lowest BCUT2D eigenvalue weighted by Gasteiger charge is -2.27. The van der Waals surface area contributed by atoms with Crippen LogP contribution >= 0.6 is 0 Å². The van der Waals surface area contributed by atoms with Crippen LogP contribution in [0.5, 0.6) is 0 Å². The van der Waals surface area contributed by atoms with E-state index < -0.39 is 6.10 Å². The zero-order valence-electron chi connectivity index (χ0n) is 12.0. The Bertz CT molecular complexity index is 441. The maximum atomic E-state index is 12.5. The van der Waals surface area contributed by atoms with Crippen molar-refractivity contribution in [2.45, 2.75) is 37.8 Å². The molecule has 0 amide bonds. The van der Waals surface area contributed by atoms with Crippen molar-refractivity contribution in [2.75, 3.05) is 20.3 Å². The van der Waals surface area contributed by atoms with Crippen molar-refractivity contribution in [1.29, 1.82) is 0 Å². The fourth-order valence-corrected chi connectivity index (χ4v) is 2.68. The van der Waals surface area contributed by atoms with Crippen LogP contribution in [0.15, 0.2) is 24.3 Å². The highest BCUT2D eigenvalue weighted by Gasteiger charge is 2.28. The van der Waals surface area contributed by atoms with E-state index in [-0.39, 0.29) is 11.8 Å². The normalized spacial score (nSPS) is 20.6. The number of benzene rings is 1. The Morgan fingerprint density at radius 2 is 2.25 bits per heavy atom. The fraction of sp³-hybridized carbons (Fsp3) is 0.562. The maximum absolute atomic E-state index is 12.5. The summed E-state index contributed by atoms with van der Waals surface area (Å²) < 4.78 is 5.07. The minimum Gasteiger partial charge on any atom is -0.384 e. The second kappa shape index (κ2) is 7.53. The number of carbonyl (C=O) groups is 1. The minimum absolute atomic E-state index is 0.119. The fourth-order valence-electron chi connectivity index (χ4n) is 2.68. The molecule has 0 spiro atoms. The summed E-state index contributed by atoms with van der Waals surface area (Å²) in [6, 6.07) is 7.34. The zero-order chi connectivity index (χ0) is 14.4. The average molecular weight is 277 g/mol. The molecule has 1 saturated heterocycles.